The maximum atomic E-state index is 9.58. The average molecular weight is 487 g/mol. The molecule has 0 saturated carbocycles. The summed E-state index contributed by atoms with van der Waals surface area (Å²) in [6.07, 6.45) is 0. The second-order valence-corrected chi connectivity index (χ2v) is 9.77. The van der Waals surface area contributed by atoms with Gasteiger partial charge in [-0.05, 0) is 71.3 Å². The predicted octanol–water partition coefficient (Wildman–Crippen LogP) is 9.64. The quantitative estimate of drug-likeness (QED) is 0.246. The molecule has 7 aromatic rings. The molecule has 0 bridgehead atoms. The van der Waals surface area contributed by atoms with Gasteiger partial charge in [0.1, 0.15) is 0 Å². The van der Waals surface area contributed by atoms with E-state index in [1.807, 2.05) is 12.1 Å². The second kappa shape index (κ2) is 9.30. The van der Waals surface area contributed by atoms with Crippen molar-refractivity contribution in [3.05, 3.63) is 145 Å². The highest BCUT2D eigenvalue weighted by Gasteiger charge is 2.18. The number of fused-ring (bicyclic) bond motifs is 3. The van der Waals surface area contributed by atoms with Crippen molar-refractivity contribution >= 4 is 32.3 Å². The number of hydrogen-bond acceptors (Lipinski definition) is 1. The number of aliphatic hydroxyl groups is 1. The van der Waals surface area contributed by atoms with E-state index in [1.54, 1.807) is 0 Å². The van der Waals surface area contributed by atoms with Crippen molar-refractivity contribution in [2.75, 3.05) is 0 Å². The smallest absolute Gasteiger partial charge is 0.0681 e. The number of hydrogen-bond donors (Lipinski definition) is 1. The second-order valence-electron chi connectivity index (χ2n) is 9.77. The summed E-state index contributed by atoms with van der Waals surface area (Å²) in [6, 6.07) is 49.8. The summed E-state index contributed by atoms with van der Waals surface area (Å²) < 4.78 is 0. The molecule has 7 aromatic carbocycles. The van der Waals surface area contributed by atoms with Crippen LogP contribution in [-0.4, -0.2) is 5.11 Å². The van der Waals surface area contributed by atoms with Crippen molar-refractivity contribution in [1.29, 1.82) is 0 Å². The normalized spacial score (nSPS) is 11.4. The number of benzene rings is 7. The molecule has 0 amide bonds. The SMILES string of the molecule is OCc1ccc(-c2c3ccccc3c(-c3ccc(-c4ccccc4)c4ccccc34)c3ccccc23)cc1. The van der Waals surface area contributed by atoms with Crippen molar-refractivity contribution in [1.82, 2.24) is 0 Å². The molecule has 0 fully saturated rings. The molecule has 180 valence electrons. The Morgan fingerprint density at radius 2 is 0.789 bits per heavy atom. The molecule has 0 aliphatic heterocycles. The van der Waals surface area contributed by atoms with Gasteiger partial charge in [-0.3, -0.25) is 0 Å². The van der Waals surface area contributed by atoms with Gasteiger partial charge < -0.3 is 5.11 Å². The molecule has 0 atom stereocenters. The Morgan fingerprint density at radius 3 is 1.34 bits per heavy atom. The van der Waals surface area contributed by atoms with E-state index in [9.17, 15) is 5.11 Å². The Labute approximate surface area is 222 Å². The van der Waals surface area contributed by atoms with Crippen molar-refractivity contribution in [2.45, 2.75) is 6.61 Å². The molecule has 38 heavy (non-hydrogen) atoms. The molecular weight excluding hydrogens is 460 g/mol. The lowest BCUT2D eigenvalue weighted by atomic mass is 9.84. The van der Waals surface area contributed by atoms with Gasteiger partial charge in [0.05, 0.1) is 6.61 Å². The van der Waals surface area contributed by atoms with Crippen LogP contribution in [0.15, 0.2) is 140 Å². The molecule has 0 aliphatic rings. The van der Waals surface area contributed by atoms with E-state index in [0.29, 0.717) is 0 Å². The molecule has 0 heterocycles. The molecule has 0 radical (unpaired) electrons. The molecular formula is C37H26O. The lowest BCUT2D eigenvalue weighted by Gasteiger charge is -2.19. The first-order chi connectivity index (χ1) is 18.8. The topological polar surface area (TPSA) is 20.2 Å². The number of rotatable bonds is 4. The zero-order valence-corrected chi connectivity index (χ0v) is 20.9. The Morgan fingerprint density at radius 1 is 0.342 bits per heavy atom. The maximum Gasteiger partial charge on any atom is 0.0681 e. The minimum absolute atomic E-state index is 0.0484. The van der Waals surface area contributed by atoms with Crippen LogP contribution in [0.3, 0.4) is 0 Å². The van der Waals surface area contributed by atoms with Crippen LogP contribution in [0, 0.1) is 0 Å². The summed E-state index contributed by atoms with van der Waals surface area (Å²) in [5.41, 5.74) is 8.30. The van der Waals surface area contributed by atoms with E-state index < -0.39 is 0 Å². The maximum absolute atomic E-state index is 9.58. The standard InChI is InChI=1S/C37H26O/c38-24-25-18-20-27(21-19-25)36-31-14-6-8-16-33(31)37(34-17-9-7-15-32(34)36)35-23-22-28(26-10-2-1-3-11-26)29-12-4-5-13-30(29)35/h1-23,38H,24H2. The van der Waals surface area contributed by atoms with E-state index in [2.05, 4.69) is 127 Å². The van der Waals surface area contributed by atoms with Crippen LogP contribution in [-0.2, 0) is 6.61 Å². The van der Waals surface area contributed by atoms with Crippen LogP contribution in [0.25, 0.3) is 65.7 Å². The third-order valence-electron chi connectivity index (χ3n) is 7.63. The Hall–Kier alpha value is -4.72. The minimum Gasteiger partial charge on any atom is -0.392 e. The largest absolute Gasteiger partial charge is 0.392 e. The molecule has 0 aromatic heterocycles. The molecule has 7 rings (SSSR count). The zero-order chi connectivity index (χ0) is 25.5. The van der Waals surface area contributed by atoms with Gasteiger partial charge >= 0.3 is 0 Å². The molecule has 0 spiro atoms. The molecule has 1 nitrogen and oxygen atoms in total. The minimum atomic E-state index is 0.0484. The highest BCUT2D eigenvalue weighted by molar-refractivity contribution is 6.24. The van der Waals surface area contributed by atoms with Crippen molar-refractivity contribution in [3.63, 3.8) is 0 Å². The van der Waals surface area contributed by atoms with Gasteiger partial charge in [-0.25, -0.2) is 0 Å². The Kier molecular flexibility index (Phi) is 5.50. The van der Waals surface area contributed by atoms with Gasteiger partial charge in [0.15, 0.2) is 0 Å². The first-order valence-corrected chi connectivity index (χ1v) is 13.0. The fourth-order valence-corrected chi connectivity index (χ4v) is 5.89. The van der Waals surface area contributed by atoms with Crippen LogP contribution in [0.4, 0.5) is 0 Å². The zero-order valence-electron chi connectivity index (χ0n) is 20.9. The highest BCUT2D eigenvalue weighted by Crippen LogP contribution is 2.46. The third-order valence-corrected chi connectivity index (χ3v) is 7.63. The lowest BCUT2D eigenvalue weighted by molar-refractivity contribution is 0.282. The summed E-state index contributed by atoms with van der Waals surface area (Å²) in [5.74, 6) is 0. The summed E-state index contributed by atoms with van der Waals surface area (Å²) in [6.45, 7) is 0.0484. The lowest BCUT2D eigenvalue weighted by Crippen LogP contribution is -1.92. The molecule has 1 heteroatoms. The van der Waals surface area contributed by atoms with Crippen LogP contribution in [0.1, 0.15) is 5.56 Å². The molecule has 0 aliphatic carbocycles. The van der Waals surface area contributed by atoms with Crippen LogP contribution < -0.4 is 0 Å². The fraction of sp³-hybridized carbons (Fsp3) is 0.0270. The monoisotopic (exact) mass is 486 g/mol. The van der Waals surface area contributed by atoms with Gasteiger partial charge in [0.2, 0.25) is 0 Å². The highest BCUT2D eigenvalue weighted by atomic mass is 16.3. The van der Waals surface area contributed by atoms with Crippen molar-refractivity contribution < 1.29 is 5.11 Å². The summed E-state index contributed by atoms with van der Waals surface area (Å²) >= 11 is 0. The summed E-state index contributed by atoms with van der Waals surface area (Å²) in [7, 11) is 0. The summed E-state index contributed by atoms with van der Waals surface area (Å²) in [4.78, 5) is 0. The van der Waals surface area contributed by atoms with Crippen molar-refractivity contribution in [2.24, 2.45) is 0 Å². The fourth-order valence-electron chi connectivity index (χ4n) is 5.89. The van der Waals surface area contributed by atoms with E-state index in [1.165, 1.54) is 60.1 Å². The van der Waals surface area contributed by atoms with E-state index >= 15 is 0 Å². The Bertz CT molecular complexity index is 1880. The van der Waals surface area contributed by atoms with E-state index in [0.717, 1.165) is 11.1 Å². The summed E-state index contributed by atoms with van der Waals surface area (Å²) in [5, 5.41) is 17.0. The van der Waals surface area contributed by atoms with E-state index in [-0.39, 0.29) is 6.61 Å². The Balaban J connectivity index is 1.59. The van der Waals surface area contributed by atoms with Gasteiger partial charge in [0, 0.05) is 0 Å². The van der Waals surface area contributed by atoms with Gasteiger partial charge in [0.25, 0.3) is 0 Å². The molecule has 1 N–H and O–H groups in total. The first kappa shape index (κ1) is 22.5. The van der Waals surface area contributed by atoms with Gasteiger partial charge in [-0.15, -0.1) is 0 Å². The first-order valence-electron chi connectivity index (χ1n) is 13.0. The number of aliphatic hydroxyl groups excluding tert-OH is 1. The van der Waals surface area contributed by atoms with Crippen LogP contribution in [0.5, 0.6) is 0 Å². The molecule has 0 unspecified atom stereocenters. The predicted molar refractivity (Wildman–Crippen MR) is 161 cm³/mol. The molecule has 0 saturated heterocycles. The van der Waals surface area contributed by atoms with Crippen molar-refractivity contribution in [3.8, 4) is 33.4 Å². The van der Waals surface area contributed by atoms with Gasteiger partial charge in [-0.2, -0.15) is 0 Å². The van der Waals surface area contributed by atoms with E-state index in [4.69, 9.17) is 0 Å². The third kappa shape index (κ3) is 3.60. The van der Waals surface area contributed by atoms with Gasteiger partial charge in [-0.1, -0.05) is 140 Å². The average Bonchev–Trinajstić information content (AvgIpc) is 3.00. The van der Waals surface area contributed by atoms with Crippen LogP contribution >= 0.6 is 0 Å². The van der Waals surface area contributed by atoms with Crippen LogP contribution in [0.2, 0.25) is 0 Å².